The third-order valence-corrected chi connectivity index (χ3v) is 5.13. The number of benzene rings is 2. The van der Waals surface area contributed by atoms with Crippen molar-refractivity contribution < 1.29 is 0 Å². The first-order valence-electron chi connectivity index (χ1n) is 7.39. The standard InChI is InChI=1S/C18H18ClN/c19-16-8-4-7-15-14-9-10-20(17(11-14)18(15)16)12-13-5-2-1-3-6-13/h1-8,14,17H,9-12H2. The maximum Gasteiger partial charge on any atom is 0.0456 e. The maximum atomic E-state index is 6.48. The van der Waals surface area contributed by atoms with Crippen molar-refractivity contribution in [3.63, 3.8) is 0 Å². The molecule has 1 aliphatic heterocycles. The van der Waals surface area contributed by atoms with Gasteiger partial charge in [0.05, 0.1) is 0 Å². The van der Waals surface area contributed by atoms with Crippen molar-refractivity contribution in [2.75, 3.05) is 6.54 Å². The summed E-state index contributed by atoms with van der Waals surface area (Å²) in [6, 6.07) is 17.7. The molecule has 2 bridgehead atoms. The zero-order valence-corrected chi connectivity index (χ0v) is 12.2. The van der Waals surface area contributed by atoms with Crippen molar-refractivity contribution in [2.45, 2.75) is 31.3 Å². The van der Waals surface area contributed by atoms with Crippen LogP contribution in [0.3, 0.4) is 0 Å². The van der Waals surface area contributed by atoms with Crippen LogP contribution in [0.25, 0.3) is 0 Å². The van der Waals surface area contributed by atoms with E-state index in [0.29, 0.717) is 6.04 Å². The lowest BCUT2D eigenvalue weighted by molar-refractivity contribution is 0.145. The van der Waals surface area contributed by atoms with Crippen LogP contribution in [0.15, 0.2) is 48.5 Å². The molecule has 4 rings (SSSR count). The smallest absolute Gasteiger partial charge is 0.0456 e. The summed E-state index contributed by atoms with van der Waals surface area (Å²) in [5, 5.41) is 0.954. The predicted octanol–water partition coefficient (Wildman–Crippen LogP) is 4.77. The van der Waals surface area contributed by atoms with Gasteiger partial charge in [0.25, 0.3) is 0 Å². The molecule has 1 heterocycles. The van der Waals surface area contributed by atoms with Crippen LogP contribution in [-0.2, 0) is 6.54 Å². The molecule has 0 N–H and O–H groups in total. The summed E-state index contributed by atoms with van der Waals surface area (Å²) < 4.78 is 0. The van der Waals surface area contributed by atoms with Crippen molar-refractivity contribution in [2.24, 2.45) is 0 Å². The Balaban J connectivity index is 1.67. The van der Waals surface area contributed by atoms with E-state index in [0.717, 1.165) is 17.5 Å². The quantitative estimate of drug-likeness (QED) is 0.767. The molecular formula is C18H18ClN. The van der Waals surface area contributed by atoms with E-state index < -0.39 is 0 Å². The van der Waals surface area contributed by atoms with Crippen LogP contribution >= 0.6 is 11.6 Å². The number of hydrogen-bond acceptors (Lipinski definition) is 1. The highest BCUT2D eigenvalue weighted by Gasteiger charge is 2.39. The molecule has 102 valence electrons. The Bertz CT molecular complexity index is 623. The minimum atomic E-state index is 0.512. The summed E-state index contributed by atoms with van der Waals surface area (Å²) in [5.74, 6) is 0.723. The first-order valence-corrected chi connectivity index (χ1v) is 7.77. The van der Waals surface area contributed by atoms with Crippen LogP contribution < -0.4 is 0 Å². The minimum absolute atomic E-state index is 0.512. The Morgan fingerprint density at radius 3 is 2.75 bits per heavy atom. The fraction of sp³-hybridized carbons (Fsp3) is 0.333. The monoisotopic (exact) mass is 283 g/mol. The predicted molar refractivity (Wildman–Crippen MR) is 83.0 cm³/mol. The third kappa shape index (κ3) is 1.97. The highest BCUT2D eigenvalue weighted by Crippen LogP contribution is 2.51. The van der Waals surface area contributed by atoms with Crippen LogP contribution in [0.2, 0.25) is 5.02 Å². The number of rotatable bonds is 2. The largest absolute Gasteiger partial charge is 0.292 e. The Labute approximate surface area is 125 Å². The van der Waals surface area contributed by atoms with Gasteiger partial charge in [0.1, 0.15) is 0 Å². The second-order valence-corrected chi connectivity index (χ2v) is 6.34. The fourth-order valence-corrected chi connectivity index (χ4v) is 4.17. The van der Waals surface area contributed by atoms with Crippen LogP contribution in [-0.4, -0.2) is 11.4 Å². The molecule has 2 aromatic rings. The van der Waals surface area contributed by atoms with E-state index in [4.69, 9.17) is 11.6 Å². The van der Waals surface area contributed by atoms with Gasteiger partial charge >= 0.3 is 0 Å². The Morgan fingerprint density at radius 2 is 1.90 bits per heavy atom. The average Bonchev–Trinajstić information content (AvgIpc) is 2.79. The number of hydrogen-bond donors (Lipinski definition) is 0. The summed E-state index contributed by atoms with van der Waals surface area (Å²) in [6.45, 7) is 2.21. The second-order valence-electron chi connectivity index (χ2n) is 5.94. The van der Waals surface area contributed by atoms with Gasteiger partial charge in [0, 0.05) is 17.6 Å². The van der Waals surface area contributed by atoms with Crippen molar-refractivity contribution in [3.8, 4) is 0 Å². The number of halogens is 1. The molecule has 20 heavy (non-hydrogen) atoms. The third-order valence-electron chi connectivity index (χ3n) is 4.80. The molecule has 2 atom stereocenters. The van der Waals surface area contributed by atoms with Crippen LogP contribution in [0.1, 0.15) is 41.5 Å². The van der Waals surface area contributed by atoms with E-state index in [1.165, 1.54) is 36.1 Å². The average molecular weight is 284 g/mol. The molecule has 2 aliphatic rings. The first-order chi connectivity index (χ1) is 9.83. The van der Waals surface area contributed by atoms with E-state index in [2.05, 4.69) is 47.4 Å². The van der Waals surface area contributed by atoms with Gasteiger partial charge in [-0.2, -0.15) is 0 Å². The molecule has 1 nitrogen and oxygen atoms in total. The van der Waals surface area contributed by atoms with Gasteiger partial charge in [-0.3, -0.25) is 4.90 Å². The number of nitrogens with zero attached hydrogens (tertiary/aromatic N) is 1. The SMILES string of the molecule is Clc1cccc2c1C1CC2CCN1Cc1ccccc1. The molecule has 2 heteroatoms. The van der Waals surface area contributed by atoms with Gasteiger partial charge in [0.15, 0.2) is 0 Å². The maximum absolute atomic E-state index is 6.48. The zero-order valence-electron chi connectivity index (χ0n) is 11.4. The van der Waals surface area contributed by atoms with Gasteiger partial charge in [0.2, 0.25) is 0 Å². The number of likely N-dealkylation sites (tertiary alicyclic amines) is 1. The van der Waals surface area contributed by atoms with E-state index in [1.807, 2.05) is 6.07 Å². The molecular weight excluding hydrogens is 266 g/mol. The Hall–Kier alpha value is -1.31. The minimum Gasteiger partial charge on any atom is -0.292 e. The Kier molecular flexibility index (Phi) is 3.05. The lowest BCUT2D eigenvalue weighted by Gasteiger charge is -2.34. The molecule has 1 saturated heterocycles. The summed E-state index contributed by atoms with van der Waals surface area (Å²) in [7, 11) is 0. The molecule has 1 aliphatic carbocycles. The van der Waals surface area contributed by atoms with Crippen molar-refractivity contribution in [1.82, 2.24) is 4.90 Å². The lowest BCUT2D eigenvalue weighted by Crippen LogP contribution is -2.31. The van der Waals surface area contributed by atoms with Crippen molar-refractivity contribution >= 4 is 11.6 Å². The molecule has 0 radical (unpaired) electrons. The fourth-order valence-electron chi connectivity index (χ4n) is 3.87. The number of fused-ring (bicyclic) bond motifs is 5. The Morgan fingerprint density at radius 1 is 1.05 bits per heavy atom. The molecule has 1 fully saturated rings. The van der Waals surface area contributed by atoms with E-state index in [-0.39, 0.29) is 0 Å². The van der Waals surface area contributed by atoms with Crippen LogP contribution in [0.4, 0.5) is 0 Å². The highest BCUT2D eigenvalue weighted by molar-refractivity contribution is 6.31. The summed E-state index contributed by atoms with van der Waals surface area (Å²) in [5.41, 5.74) is 4.29. The summed E-state index contributed by atoms with van der Waals surface area (Å²) in [6.07, 6.45) is 2.50. The topological polar surface area (TPSA) is 3.24 Å². The first kappa shape index (κ1) is 12.4. The summed E-state index contributed by atoms with van der Waals surface area (Å²) in [4.78, 5) is 2.60. The highest BCUT2D eigenvalue weighted by atomic mass is 35.5. The molecule has 0 spiro atoms. The van der Waals surface area contributed by atoms with Crippen molar-refractivity contribution in [3.05, 3.63) is 70.2 Å². The molecule has 0 aromatic heterocycles. The normalized spacial score (nSPS) is 24.6. The molecule has 2 aromatic carbocycles. The van der Waals surface area contributed by atoms with Gasteiger partial charge in [-0.05, 0) is 48.1 Å². The second kappa shape index (κ2) is 4.91. The van der Waals surface area contributed by atoms with E-state index in [9.17, 15) is 0 Å². The molecule has 0 amide bonds. The lowest BCUT2D eigenvalue weighted by atomic mass is 9.95. The van der Waals surface area contributed by atoms with Crippen molar-refractivity contribution in [1.29, 1.82) is 0 Å². The van der Waals surface area contributed by atoms with Gasteiger partial charge in [-0.25, -0.2) is 0 Å². The van der Waals surface area contributed by atoms with Gasteiger partial charge in [-0.15, -0.1) is 0 Å². The van der Waals surface area contributed by atoms with Gasteiger partial charge in [-0.1, -0.05) is 54.1 Å². The molecule has 2 unspecified atom stereocenters. The van der Waals surface area contributed by atoms with Crippen LogP contribution in [0, 0.1) is 0 Å². The van der Waals surface area contributed by atoms with Crippen LogP contribution in [0.5, 0.6) is 0 Å². The van der Waals surface area contributed by atoms with E-state index >= 15 is 0 Å². The summed E-state index contributed by atoms with van der Waals surface area (Å²) >= 11 is 6.48. The van der Waals surface area contributed by atoms with E-state index in [1.54, 1.807) is 0 Å². The van der Waals surface area contributed by atoms with Gasteiger partial charge < -0.3 is 0 Å². The molecule has 0 saturated carbocycles. The number of piperidine rings is 1. The zero-order chi connectivity index (χ0) is 13.5.